The van der Waals surface area contributed by atoms with Crippen LogP contribution in [0.5, 0.6) is 0 Å². The molecule has 1 aliphatic carbocycles. The predicted molar refractivity (Wildman–Crippen MR) is 107 cm³/mol. The quantitative estimate of drug-likeness (QED) is 0.789. The van der Waals surface area contributed by atoms with Crippen molar-refractivity contribution < 1.29 is 4.79 Å². The van der Waals surface area contributed by atoms with Gasteiger partial charge in [-0.25, -0.2) is 0 Å². The van der Waals surface area contributed by atoms with E-state index in [9.17, 15) is 4.79 Å². The van der Waals surface area contributed by atoms with Gasteiger partial charge in [-0.15, -0.1) is 0 Å². The predicted octanol–water partition coefficient (Wildman–Crippen LogP) is 3.21. The Kier molecular flexibility index (Phi) is 5.60. The van der Waals surface area contributed by atoms with Crippen LogP contribution in [0.3, 0.4) is 0 Å². The van der Waals surface area contributed by atoms with Crippen LogP contribution in [0.1, 0.15) is 62.5 Å². The van der Waals surface area contributed by atoms with Gasteiger partial charge >= 0.3 is 0 Å². The minimum absolute atomic E-state index is 0.297. The van der Waals surface area contributed by atoms with Crippen molar-refractivity contribution in [2.45, 2.75) is 63.8 Å². The molecular formula is C22H33N3O. The number of carbonyl (C=O) groups excluding carboxylic acids is 1. The zero-order valence-electron chi connectivity index (χ0n) is 16.1. The molecule has 2 unspecified atom stereocenters. The van der Waals surface area contributed by atoms with Crippen molar-refractivity contribution in [1.29, 1.82) is 0 Å². The standard InChI is InChI=1S/C22H33N3O/c1-2-3-4-22(26)25-12-9-18-13-17(5-6-21(18)25)19-14-20(19)24-15-16-7-10-23-11-8-16/h5-6,13,16,19-20,23-24H,2-4,7-12,14-15H2,1H3. The van der Waals surface area contributed by atoms with Crippen molar-refractivity contribution in [2.24, 2.45) is 5.92 Å². The number of benzene rings is 1. The van der Waals surface area contributed by atoms with Gasteiger partial charge in [0.2, 0.25) is 5.91 Å². The summed E-state index contributed by atoms with van der Waals surface area (Å²) >= 11 is 0. The van der Waals surface area contributed by atoms with Crippen LogP contribution in [0.15, 0.2) is 18.2 Å². The van der Waals surface area contributed by atoms with Crippen molar-refractivity contribution in [2.75, 3.05) is 31.1 Å². The molecule has 1 aromatic carbocycles. The molecule has 1 saturated heterocycles. The molecule has 2 heterocycles. The number of anilines is 1. The maximum absolute atomic E-state index is 12.4. The van der Waals surface area contributed by atoms with Crippen LogP contribution in [-0.2, 0) is 11.2 Å². The molecule has 1 aromatic rings. The average molecular weight is 356 g/mol. The van der Waals surface area contributed by atoms with E-state index in [0.717, 1.165) is 37.4 Å². The number of rotatable bonds is 7. The van der Waals surface area contributed by atoms with Gasteiger partial charge in [-0.2, -0.15) is 0 Å². The van der Waals surface area contributed by atoms with E-state index in [1.807, 2.05) is 4.90 Å². The highest BCUT2D eigenvalue weighted by molar-refractivity contribution is 5.95. The molecule has 0 spiro atoms. The zero-order valence-corrected chi connectivity index (χ0v) is 16.1. The first-order valence-corrected chi connectivity index (χ1v) is 10.6. The Morgan fingerprint density at radius 1 is 1.31 bits per heavy atom. The molecule has 4 rings (SSSR count). The van der Waals surface area contributed by atoms with Crippen molar-refractivity contribution in [3.63, 3.8) is 0 Å². The first-order chi connectivity index (χ1) is 12.8. The first kappa shape index (κ1) is 18.0. The number of nitrogens with zero attached hydrogens (tertiary/aromatic N) is 1. The van der Waals surface area contributed by atoms with Crippen LogP contribution >= 0.6 is 0 Å². The summed E-state index contributed by atoms with van der Waals surface area (Å²) in [4.78, 5) is 14.4. The monoisotopic (exact) mass is 355 g/mol. The number of nitrogens with one attached hydrogen (secondary N) is 2. The molecule has 2 fully saturated rings. The molecule has 1 amide bonds. The summed E-state index contributed by atoms with van der Waals surface area (Å²) in [6, 6.07) is 7.50. The van der Waals surface area contributed by atoms with Gasteiger partial charge < -0.3 is 15.5 Å². The Balaban J connectivity index is 1.32. The van der Waals surface area contributed by atoms with E-state index in [1.165, 1.54) is 50.0 Å². The lowest BCUT2D eigenvalue weighted by molar-refractivity contribution is -0.118. The largest absolute Gasteiger partial charge is 0.317 e. The van der Waals surface area contributed by atoms with Crippen LogP contribution < -0.4 is 15.5 Å². The van der Waals surface area contributed by atoms with Crippen molar-refractivity contribution in [1.82, 2.24) is 10.6 Å². The van der Waals surface area contributed by atoms with Gasteiger partial charge in [-0.1, -0.05) is 25.5 Å². The van der Waals surface area contributed by atoms with Crippen LogP contribution in [0.2, 0.25) is 0 Å². The van der Waals surface area contributed by atoms with E-state index in [2.05, 4.69) is 35.8 Å². The number of unbranched alkanes of at least 4 members (excludes halogenated alkanes) is 1. The zero-order chi connectivity index (χ0) is 17.9. The van der Waals surface area contributed by atoms with Crippen molar-refractivity contribution in [3.8, 4) is 0 Å². The normalized spacial score (nSPS) is 25.3. The fourth-order valence-corrected chi connectivity index (χ4v) is 4.57. The van der Waals surface area contributed by atoms with Gasteiger partial charge in [-0.05, 0) is 74.8 Å². The van der Waals surface area contributed by atoms with Gasteiger partial charge in [0.15, 0.2) is 0 Å². The average Bonchev–Trinajstić information content (AvgIpc) is 3.34. The fourth-order valence-electron chi connectivity index (χ4n) is 4.57. The number of hydrogen-bond acceptors (Lipinski definition) is 3. The Hall–Kier alpha value is -1.39. The molecule has 3 aliphatic rings. The maximum Gasteiger partial charge on any atom is 0.226 e. The van der Waals surface area contributed by atoms with E-state index in [1.54, 1.807) is 0 Å². The van der Waals surface area contributed by atoms with Crippen LogP contribution in [0.4, 0.5) is 5.69 Å². The van der Waals surface area contributed by atoms with Gasteiger partial charge in [0.25, 0.3) is 0 Å². The maximum atomic E-state index is 12.4. The Morgan fingerprint density at radius 3 is 2.96 bits per heavy atom. The SMILES string of the molecule is CCCCC(=O)N1CCc2cc(C3CC3NCC3CCNCC3)ccc21. The van der Waals surface area contributed by atoms with Crippen molar-refractivity contribution in [3.05, 3.63) is 29.3 Å². The molecule has 26 heavy (non-hydrogen) atoms. The summed E-state index contributed by atoms with van der Waals surface area (Å²) in [5.41, 5.74) is 4.00. The Morgan fingerprint density at radius 2 is 2.15 bits per heavy atom. The number of carbonyl (C=O) groups is 1. The second-order valence-corrected chi connectivity index (χ2v) is 8.34. The lowest BCUT2D eigenvalue weighted by Crippen LogP contribution is -2.34. The fraction of sp³-hybridized carbons (Fsp3) is 0.682. The number of hydrogen-bond donors (Lipinski definition) is 2. The van der Waals surface area contributed by atoms with E-state index in [0.29, 0.717) is 24.3 Å². The van der Waals surface area contributed by atoms with E-state index in [4.69, 9.17) is 0 Å². The van der Waals surface area contributed by atoms with Gasteiger partial charge in [0, 0.05) is 30.6 Å². The lowest BCUT2D eigenvalue weighted by atomic mass is 9.98. The summed E-state index contributed by atoms with van der Waals surface area (Å²) in [5.74, 6) is 1.82. The second-order valence-electron chi connectivity index (χ2n) is 8.34. The Labute approximate surface area is 157 Å². The lowest BCUT2D eigenvalue weighted by Gasteiger charge is -2.23. The molecule has 4 nitrogen and oxygen atoms in total. The highest BCUT2D eigenvalue weighted by Crippen LogP contribution is 2.43. The van der Waals surface area contributed by atoms with Crippen LogP contribution in [0, 0.1) is 5.92 Å². The molecule has 0 radical (unpaired) electrons. The second kappa shape index (κ2) is 8.10. The molecule has 0 aromatic heterocycles. The molecule has 142 valence electrons. The highest BCUT2D eigenvalue weighted by atomic mass is 16.2. The van der Waals surface area contributed by atoms with Gasteiger partial charge in [0.1, 0.15) is 0 Å². The minimum atomic E-state index is 0.297. The smallest absolute Gasteiger partial charge is 0.226 e. The summed E-state index contributed by atoms with van der Waals surface area (Å²) in [5, 5.41) is 7.24. The van der Waals surface area contributed by atoms with Gasteiger partial charge in [0.05, 0.1) is 0 Å². The first-order valence-electron chi connectivity index (χ1n) is 10.6. The van der Waals surface area contributed by atoms with Crippen molar-refractivity contribution >= 4 is 11.6 Å². The molecule has 4 heteroatoms. The summed E-state index contributed by atoms with van der Waals surface area (Å²) < 4.78 is 0. The van der Waals surface area contributed by atoms with E-state index >= 15 is 0 Å². The molecule has 2 N–H and O–H groups in total. The van der Waals surface area contributed by atoms with E-state index < -0.39 is 0 Å². The third-order valence-corrected chi connectivity index (χ3v) is 6.39. The topological polar surface area (TPSA) is 44.4 Å². The molecule has 1 saturated carbocycles. The third kappa shape index (κ3) is 3.96. The number of piperidine rings is 1. The third-order valence-electron chi connectivity index (χ3n) is 6.39. The van der Waals surface area contributed by atoms with Gasteiger partial charge in [-0.3, -0.25) is 4.79 Å². The number of fused-ring (bicyclic) bond motifs is 1. The van der Waals surface area contributed by atoms with Crippen LogP contribution in [-0.4, -0.2) is 38.1 Å². The van der Waals surface area contributed by atoms with Crippen LogP contribution in [0.25, 0.3) is 0 Å². The highest BCUT2D eigenvalue weighted by Gasteiger charge is 2.39. The molecule has 2 atom stereocenters. The Bertz CT molecular complexity index is 638. The summed E-state index contributed by atoms with van der Waals surface area (Å²) in [6.45, 7) is 6.54. The number of amides is 1. The minimum Gasteiger partial charge on any atom is -0.317 e. The molecule has 0 bridgehead atoms. The summed E-state index contributed by atoms with van der Waals surface area (Å²) in [7, 11) is 0. The summed E-state index contributed by atoms with van der Waals surface area (Å²) in [6.07, 6.45) is 7.66. The molecule has 2 aliphatic heterocycles. The van der Waals surface area contributed by atoms with E-state index in [-0.39, 0.29) is 0 Å². The molecular weight excluding hydrogens is 322 g/mol.